The van der Waals surface area contributed by atoms with Gasteiger partial charge in [0.25, 0.3) is 5.91 Å². The van der Waals surface area contributed by atoms with E-state index >= 15 is 0 Å². The van der Waals surface area contributed by atoms with Crippen LogP contribution in [0.2, 0.25) is 0 Å². The minimum Gasteiger partial charge on any atom is -0.364 e. The van der Waals surface area contributed by atoms with Crippen molar-refractivity contribution in [1.29, 1.82) is 0 Å². The molecule has 1 aromatic heterocycles. The zero-order chi connectivity index (χ0) is 16.1. The number of halogens is 1. The number of carbonyl (C=O) groups excluding carboxylic acids is 2. The molecule has 2 aliphatic rings. The maximum absolute atomic E-state index is 13.3. The molecule has 0 unspecified atom stereocenters. The first kappa shape index (κ1) is 14.2. The third-order valence-corrected chi connectivity index (χ3v) is 4.65. The Kier molecular flexibility index (Phi) is 3.12. The topological polar surface area (TPSA) is 65.6 Å². The monoisotopic (exact) mass is 317 g/mol. The fourth-order valence-corrected chi connectivity index (χ4v) is 3.31. The highest BCUT2D eigenvalue weighted by atomic mass is 19.1. The highest BCUT2D eigenvalue weighted by Crippen LogP contribution is 2.25. The van der Waals surface area contributed by atoms with E-state index in [0.29, 0.717) is 24.2 Å². The van der Waals surface area contributed by atoms with Crippen LogP contribution in [0.5, 0.6) is 0 Å². The van der Waals surface area contributed by atoms with E-state index in [1.807, 2.05) is 0 Å². The van der Waals surface area contributed by atoms with E-state index < -0.39 is 0 Å². The van der Waals surface area contributed by atoms with E-state index in [1.165, 1.54) is 12.1 Å². The van der Waals surface area contributed by atoms with Crippen molar-refractivity contribution in [2.24, 2.45) is 0 Å². The van der Waals surface area contributed by atoms with Gasteiger partial charge >= 0.3 is 0 Å². The summed E-state index contributed by atoms with van der Waals surface area (Å²) in [5, 5.41) is 0.661. The fourth-order valence-electron chi connectivity index (χ4n) is 3.31. The van der Waals surface area contributed by atoms with Crippen LogP contribution in [0.4, 0.5) is 4.39 Å². The van der Waals surface area contributed by atoms with Gasteiger partial charge in [-0.25, -0.2) is 4.39 Å². The Labute approximate surface area is 131 Å². The van der Waals surface area contributed by atoms with Crippen molar-refractivity contribution in [3.05, 3.63) is 35.8 Å². The first-order valence-corrected chi connectivity index (χ1v) is 7.48. The summed E-state index contributed by atoms with van der Waals surface area (Å²) in [6, 6.07) is 5.90. The number of aromatic amines is 1. The number of carbonyl (C=O) groups is 2. The van der Waals surface area contributed by atoms with Crippen LogP contribution < -0.4 is 0 Å². The fraction of sp³-hybridized carbons (Fsp3) is 0.375. The Hall–Kier alpha value is -2.41. The maximum atomic E-state index is 13.3. The molecule has 2 amide bonds. The molecule has 7 heteroatoms. The molecule has 0 bridgehead atoms. The van der Waals surface area contributed by atoms with E-state index in [4.69, 9.17) is 4.74 Å². The van der Waals surface area contributed by atoms with Crippen LogP contribution in [-0.4, -0.2) is 65.5 Å². The summed E-state index contributed by atoms with van der Waals surface area (Å²) in [6.45, 7) is 0.950. The number of ether oxygens (including phenoxy) is 1. The number of H-pyrrole nitrogens is 1. The standard InChI is InChI=1S/C16H16FN3O3/c1-19-13-6-20(7-14(13)23-8-15(19)21)16(22)12-5-9-4-10(17)2-3-11(9)18-12/h2-5,13-14,18H,6-8H2,1H3/t13-,14-/m0/s1. The molecule has 2 aliphatic heterocycles. The maximum Gasteiger partial charge on any atom is 0.270 e. The SMILES string of the molecule is CN1C(=O)CO[C@H]2CN(C(=O)c3cc4cc(F)ccc4[nH]3)C[C@@H]21. The molecule has 2 atom stereocenters. The first-order chi connectivity index (χ1) is 11.0. The van der Waals surface area contributed by atoms with Crippen LogP contribution >= 0.6 is 0 Å². The molecule has 2 saturated heterocycles. The van der Waals surface area contributed by atoms with E-state index in [0.717, 1.165) is 5.52 Å². The largest absolute Gasteiger partial charge is 0.364 e. The van der Waals surface area contributed by atoms with Gasteiger partial charge in [-0.15, -0.1) is 0 Å². The van der Waals surface area contributed by atoms with Crippen LogP contribution in [0, 0.1) is 5.82 Å². The van der Waals surface area contributed by atoms with Gasteiger partial charge in [0.2, 0.25) is 5.91 Å². The molecule has 2 fully saturated rings. The average molecular weight is 317 g/mol. The molecule has 1 N–H and O–H groups in total. The molecule has 120 valence electrons. The van der Waals surface area contributed by atoms with Crippen molar-refractivity contribution >= 4 is 22.7 Å². The van der Waals surface area contributed by atoms with Crippen LogP contribution in [0.15, 0.2) is 24.3 Å². The number of rotatable bonds is 1. The van der Waals surface area contributed by atoms with Crippen LogP contribution in [0.25, 0.3) is 10.9 Å². The van der Waals surface area contributed by atoms with E-state index in [2.05, 4.69) is 4.98 Å². The molecule has 4 rings (SSSR count). The Balaban J connectivity index is 1.58. The Morgan fingerprint density at radius 3 is 3.00 bits per heavy atom. The Bertz CT molecular complexity index is 803. The van der Waals surface area contributed by atoms with Crippen molar-refractivity contribution in [2.45, 2.75) is 12.1 Å². The molecule has 23 heavy (non-hydrogen) atoms. The summed E-state index contributed by atoms with van der Waals surface area (Å²) in [5.74, 6) is -0.571. The molecule has 6 nitrogen and oxygen atoms in total. The Morgan fingerprint density at radius 1 is 1.35 bits per heavy atom. The Morgan fingerprint density at radius 2 is 2.17 bits per heavy atom. The minimum absolute atomic E-state index is 0.0609. The third-order valence-electron chi connectivity index (χ3n) is 4.65. The van der Waals surface area contributed by atoms with Crippen LogP contribution in [0.1, 0.15) is 10.5 Å². The molecule has 0 spiro atoms. The molecule has 0 radical (unpaired) electrons. The lowest BCUT2D eigenvalue weighted by Gasteiger charge is -2.33. The van der Waals surface area contributed by atoms with Gasteiger partial charge in [0.1, 0.15) is 18.1 Å². The number of likely N-dealkylation sites (N-methyl/N-ethyl adjacent to an activating group) is 1. The van der Waals surface area contributed by atoms with Crippen molar-refractivity contribution in [1.82, 2.24) is 14.8 Å². The third kappa shape index (κ3) is 2.28. The lowest BCUT2D eigenvalue weighted by Crippen LogP contribution is -2.51. The quantitative estimate of drug-likeness (QED) is 0.853. The van der Waals surface area contributed by atoms with Gasteiger partial charge in [-0.3, -0.25) is 9.59 Å². The van der Waals surface area contributed by atoms with E-state index in [1.54, 1.807) is 29.0 Å². The number of amides is 2. The van der Waals surface area contributed by atoms with Gasteiger partial charge in [-0.05, 0) is 24.3 Å². The minimum atomic E-state index is -0.337. The molecule has 0 saturated carbocycles. The molecule has 0 aliphatic carbocycles. The van der Waals surface area contributed by atoms with Crippen LogP contribution in [0.3, 0.4) is 0 Å². The summed E-state index contributed by atoms with van der Waals surface area (Å²) in [7, 11) is 1.74. The molecular weight excluding hydrogens is 301 g/mol. The second kappa shape index (κ2) is 5.06. The van der Waals surface area contributed by atoms with E-state index in [-0.39, 0.29) is 36.4 Å². The van der Waals surface area contributed by atoms with Gasteiger partial charge in [-0.2, -0.15) is 0 Å². The summed E-state index contributed by atoms with van der Waals surface area (Å²) >= 11 is 0. The van der Waals surface area contributed by atoms with Gasteiger partial charge in [0, 0.05) is 31.0 Å². The van der Waals surface area contributed by atoms with Crippen molar-refractivity contribution in [3.8, 4) is 0 Å². The molecular formula is C16H16FN3O3. The second-order valence-corrected chi connectivity index (χ2v) is 6.05. The number of fused-ring (bicyclic) bond motifs is 2. The number of benzene rings is 1. The molecule has 2 aromatic rings. The number of nitrogens with one attached hydrogen (secondary N) is 1. The van der Waals surface area contributed by atoms with Crippen LogP contribution in [-0.2, 0) is 9.53 Å². The van der Waals surface area contributed by atoms with E-state index in [9.17, 15) is 14.0 Å². The summed E-state index contributed by atoms with van der Waals surface area (Å²) in [5.41, 5.74) is 1.13. The lowest BCUT2D eigenvalue weighted by atomic mass is 10.1. The number of morpholine rings is 1. The number of aromatic nitrogens is 1. The summed E-state index contributed by atoms with van der Waals surface area (Å²) < 4.78 is 18.8. The first-order valence-electron chi connectivity index (χ1n) is 7.48. The number of hydrogen-bond acceptors (Lipinski definition) is 3. The van der Waals surface area contributed by atoms with Gasteiger partial charge in [0.15, 0.2) is 0 Å². The second-order valence-electron chi connectivity index (χ2n) is 6.05. The zero-order valence-electron chi connectivity index (χ0n) is 12.6. The van der Waals surface area contributed by atoms with Crippen molar-refractivity contribution < 1.29 is 18.7 Å². The highest BCUT2D eigenvalue weighted by molar-refractivity contribution is 5.98. The van der Waals surface area contributed by atoms with Gasteiger partial charge in [0.05, 0.1) is 12.1 Å². The van der Waals surface area contributed by atoms with Crippen molar-refractivity contribution in [2.75, 3.05) is 26.7 Å². The van der Waals surface area contributed by atoms with Gasteiger partial charge < -0.3 is 19.5 Å². The zero-order valence-corrected chi connectivity index (χ0v) is 12.6. The smallest absolute Gasteiger partial charge is 0.270 e. The average Bonchev–Trinajstić information content (AvgIpc) is 3.14. The summed E-state index contributed by atoms with van der Waals surface area (Å²) in [4.78, 5) is 30.7. The highest BCUT2D eigenvalue weighted by Gasteiger charge is 2.43. The lowest BCUT2D eigenvalue weighted by molar-refractivity contribution is -0.150. The number of likely N-dealkylation sites (tertiary alicyclic amines) is 1. The van der Waals surface area contributed by atoms with Gasteiger partial charge in [-0.1, -0.05) is 0 Å². The normalized spacial score (nSPS) is 24.3. The molecule has 1 aromatic carbocycles. The number of nitrogens with zero attached hydrogens (tertiary/aromatic N) is 2. The number of hydrogen-bond donors (Lipinski definition) is 1. The molecule has 3 heterocycles. The van der Waals surface area contributed by atoms with Crippen molar-refractivity contribution in [3.63, 3.8) is 0 Å². The predicted octanol–water partition coefficient (Wildman–Crippen LogP) is 0.989. The summed E-state index contributed by atoms with van der Waals surface area (Å²) in [6.07, 6.45) is -0.150. The predicted molar refractivity (Wildman–Crippen MR) is 80.5 cm³/mol.